The van der Waals surface area contributed by atoms with Crippen LogP contribution in [0.2, 0.25) is 0 Å². The minimum Gasteiger partial charge on any atom is -0.306 e. The van der Waals surface area contributed by atoms with Gasteiger partial charge in [-0.1, -0.05) is 32.6 Å². The van der Waals surface area contributed by atoms with Crippen LogP contribution in [0.5, 0.6) is 0 Å². The molecular formula is C11H20F3N. The van der Waals surface area contributed by atoms with Crippen molar-refractivity contribution in [1.82, 2.24) is 5.32 Å². The Morgan fingerprint density at radius 3 is 2.07 bits per heavy atom. The number of nitrogens with one attached hydrogen (secondary N) is 1. The van der Waals surface area contributed by atoms with E-state index in [2.05, 4.69) is 5.32 Å². The van der Waals surface area contributed by atoms with Gasteiger partial charge in [-0.15, -0.1) is 0 Å². The third-order valence-electron chi connectivity index (χ3n) is 3.15. The highest BCUT2D eigenvalue weighted by Crippen LogP contribution is 2.33. The number of halogens is 3. The van der Waals surface area contributed by atoms with Crippen LogP contribution in [0.15, 0.2) is 0 Å². The molecule has 0 aromatic carbocycles. The molecule has 0 heterocycles. The molecule has 0 spiro atoms. The second-order valence-electron chi connectivity index (χ2n) is 4.33. The van der Waals surface area contributed by atoms with Crippen LogP contribution in [-0.4, -0.2) is 18.8 Å². The van der Waals surface area contributed by atoms with Crippen molar-refractivity contribution in [3.8, 4) is 0 Å². The zero-order valence-corrected chi connectivity index (χ0v) is 9.24. The molecule has 15 heavy (non-hydrogen) atoms. The highest BCUT2D eigenvalue weighted by molar-refractivity contribution is 4.83. The Morgan fingerprint density at radius 2 is 1.67 bits per heavy atom. The molecule has 0 aromatic heterocycles. The lowest BCUT2D eigenvalue weighted by Gasteiger charge is -2.28. The fraction of sp³-hybridized carbons (Fsp3) is 1.00. The van der Waals surface area contributed by atoms with Gasteiger partial charge in [0.1, 0.15) is 6.04 Å². The van der Waals surface area contributed by atoms with Crippen LogP contribution < -0.4 is 5.32 Å². The molecule has 1 atom stereocenters. The van der Waals surface area contributed by atoms with Gasteiger partial charge in [-0.2, -0.15) is 13.2 Å². The van der Waals surface area contributed by atoms with Crippen LogP contribution in [-0.2, 0) is 0 Å². The summed E-state index contributed by atoms with van der Waals surface area (Å²) in [7, 11) is 0. The SMILES string of the molecule is CCNC(C1CCCCCC1)C(F)(F)F. The number of hydrogen-bond donors (Lipinski definition) is 1. The third-order valence-corrected chi connectivity index (χ3v) is 3.15. The Hall–Kier alpha value is -0.250. The summed E-state index contributed by atoms with van der Waals surface area (Å²) in [5.74, 6) is -0.215. The maximum absolute atomic E-state index is 12.8. The first-order valence-corrected chi connectivity index (χ1v) is 5.85. The fourth-order valence-electron chi connectivity index (χ4n) is 2.41. The van der Waals surface area contributed by atoms with Gasteiger partial charge in [0.15, 0.2) is 0 Å². The van der Waals surface area contributed by atoms with Crippen LogP contribution in [0.1, 0.15) is 45.4 Å². The highest BCUT2D eigenvalue weighted by Gasteiger charge is 2.43. The van der Waals surface area contributed by atoms with Gasteiger partial charge in [0.2, 0.25) is 0 Å². The van der Waals surface area contributed by atoms with E-state index in [4.69, 9.17) is 0 Å². The summed E-state index contributed by atoms with van der Waals surface area (Å²) in [6, 6.07) is -1.29. The molecule has 1 aliphatic rings. The Balaban J connectivity index is 2.60. The van der Waals surface area contributed by atoms with Crippen LogP contribution in [0.25, 0.3) is 0 Å². The minimum absolute atomic E-state index is 0.215. The van der Waals surface area contributed by atoms with Crippen molar-refractivity contribution >= 4 is 0 Å². The topological polar surface area (TPSA) is 12.0 Å². The van der Waals surface area contributed by atoms with Gasteiger partial charge in [0.25, 0.3) is 0 Å². The Morgan fingerprint density at radius 1 is 1.13 bits per heavy atom. The second kappa shape index (κ2) is 5.73. The van der Waals surface area contributed by atoms with Crippen molar-refractivity contribution in [2.24, 2.45) is 5.92 Å². The molecule has 0 saturated heterocycles. The smallest absolute Gasteiger partial charge is 0.306 e. The van der Waals surface area contributed by atoms with Gasteiger partial charge in [0, 0.05) is 0 Å². The van der Waals surface area contributed by atoms with E-state index in [9.17, 15) is 13.2 Å². The summed E-state index contributed by atoms with van der Waals surface area (Å²) < 4.78 is 38.3. The predicted octanol–water partition coefficient (Wildman–Crippen LogP) is 3.50. The molecule has 1 rings (SSSR count). The summed E-state index contributed by atoms with van der Waals surface area (Å²) in [5, 5.41) is 2.60. The van der Waals surface area contributed by atoms with Gasteiger partial charge in [-0.3, -0.25) is 0 Å². The highest BCUT2D eigenvalue weighted by atomic mass is 19.4. The van der Waals surface area contributed by atoms with E-state index in [-0.39, 0.29) is 5.92 Å². The van der Waals surface area contributed by atoms with Crippen LogP contribution in [0.4, 0.5) is 13.2 Å². The quantitative estimate of drug-likeness (QED) is 0.722. The van der Waals surface area contributed by atoms with E-state index in [1.165, 1.54) is 0 Å². The second-order valence-corrected chi connectivity index (χ2v) is 4.33. The van der Waals surface area contributed by atoms with E-state index in [1.807, 2.05) is 0 Å². The fourth-order valence-corrected chi connectivity index (χ4v) is 2.41. The summed E-state index contributed by atoms with van der Waals surface area (Å²) >= 11 is 0. The van der Waals surface area contributed by atoms with Crippen molar-refractivity contribution in [2.75, 3.05) is 6.54 Å². The zero-order chi connectivity index (χ0) is 11.3. The van der Waals surface area contributed by atoms with E-state index >= 15 is 0 Å². The van der Waals surface area contributed by atoms with Crippen LogP contribution in [0, 0.1) is 5.92 Å². The van der Waals surface area contributed by atoms with Gasteiger partial charge >= 0.3 is 6.18 Å². The Kier molecular flexibility index (Phi) is 4.90. The molecule has 1 unspecified atom stereocenters. The Labute approximate surface area is 89.4 Å². The van der Waals surface area contributed by atoms with Crippen molar-refractivity contribution in [2.45, 2.75) is 57.7 Å². The average molecular weight is 223 g/mol. The lowest BCUT2D eigenvalue weighted by molar-refractivity contribution is -0.168. The van der Waals surface area contributed by atoms with Crippen molar-refractivity contribution in [3.63, 3.8) is 0 Å². The molecule has 1 nitrogen and oxygen atoms in total. The molecule has 0 bridgehead atoms. The first-order chi connectivity index (χ1) is 7.05. The number of rotatable bonds is 3. The van der Waals surface area contributed by atoms with E-state index in [1.54, 1.807) is 6.92 Å². The molecule has 1 saturated carbocycles. The maximum atomic E-state index is 12.8. The van der Waals surface area contributed by atoms with Gasteiger partial charge in [0.05, 0.1) is 0 Å². The lowest BCUT2D eigenvalue weighted by atomic mass is 9.91. The van der Waals surface area contributed by atoms with Crippen molar-refractivity contribution in [1.29, 1.82) is 0 Å². The van der Waals surface area contributed by atoms with E-state index < -0.39 is 12.2 Å². The third kappa shape index (κ3) is 4.01. The molecule has 1 aliphatic carbocycles. The lowest BCUT2D eigenvalue weighted by Crippen LogP contribution is -2.47. The molecule has 0 aromatic rings. The Bertz CT molecular complexity index is 171. The van der Waals surface area contributed by atoms with Crippen LogP contribution in [0.3, 0.4) is 0 Å². The summed E-state index contributed by atoms with van der Waals surface area (Å²) in [5.41, 5.74) is 0. The first-order valence-electron chi connectivity index (χ1n) is 5.85. The molecule has 90 valence electrons. The molecule has 1 N–H and O–H groups in total. The van der Waals surface area contributed by atoms with Gasteiger partial charge < -0.3 is 5.32 Å². The van der Waals surface area contributed by atoms with Gasteiger partial charge in [-0.25, -0.2) is 0 Å². The summed E-state index contributed by atoms with van der Waals surface area (Å²) in [6.07, 6.45) is 1.42. The van der Waals surface area contributed by atoms with Crippen molar-refractivity contribution in [3.05, 3.63) is 0 Å². The molecule has 0 aliphatic heterocycles. The monoisotopic (exact) mass is 223 g/mol. The predicted molar refractivity (Wildman–Crippen MR) is 54.7 cm³/mol. The molecular weight excluding hydrogens is 203 g/mol. The first kappa shape index (κ1) is 12.8. The summed E-state index contributed by atoms with van der Waals surface area (Å²) in [4.78, 5) is 0. The minimum atomic E-state index is -4.09. The van der Waals surface area contributed by atoms with E-state index in [0.717, 1.165) is 38.5 Å². The average Bonchev–Trinajstić information content (AvgIpc) is 2.40. The standard InChI is InChI=1S/C11H20F3N/c1-2-15-10(11(12,13)14)9-7-5-3-4-6-8-9/h9-10,15H,2-8H2,1H3. The number of alkyl halides is 3. The molecule has 0 amide bonds. The normalized spacial score (nSPS) is 22.4. The zero-order valence-electron chi connectivity index (χ0n) is 9.24. The molecule has 1 fully saturated rings. The maximum Gasteiger partial charge on any atom is 0.404 e. The van der Waals surface area contributed by atoms with Crippen LogP contribution >= 0.6 is 0 Å². The van der Waals surface area contributed by atoms with Crippen molar-refractivity contribution < 1.29 is 13.2 Å². The van der Waals surface area contributed by atoms with E-state index in [0.29, 0.717) is 6.54 Å². The molecule has 4 heteroatoms. The summed E-state index contributed by atoms with van der Waals surface area (Å²) in [6.45, 7) is 2.12. The largest absolute Gasteiger partial charge is 0.404 e. The van der Waals surface area contributed by atoms with Gasteiger partial charge in [-0.05, 0) is 25.3 Å². The number of hydrogen-bond acceptors (Lipinski definition) is 1. The molecule has 0 radical (unpaired) electrons.